The molecule has 5 nitrogen and oxygen atoms in total. The quantitative estimate of drug-likeness (QED) is 0.875. The number of nitrogens with zero attached hydrogens (tertiary/aromatic N) is 2. The van der Waals surface area contributed by atoms with Crippen LogP contribution in [0.15, 0.2) is 24.3 Å². The molecular formula is C15H19N3O2. The van der Waals surface area contributed by atoms with Gasteiger partial charge in [0.15, 0.2) is 0 Å². The van der Waals surface area contributed by atoms with Crippen molar-refractivity contribution >= 4 is 6.03 Å². The first-order valence-electron chi connectivity index (χ1n) is 6.80. The molecule has 0 aliphatic carbocycles. The lowest BCUT2D eigenvalue weighted by Crippen LogP contribution is -2.38. The van der Waals surface area contributed by atoms with E-state index in [0.717, 1.165) is 12.0 Å². The lowest BCUT2D eigenvalue weighted by molar-refractivity contribution is 0.129. The van der Waals surface area contributed by atoms with Crippen LogP contribution in [-0.4, -0.2) is 35.2 Å². The maximum absolute atomic E-state index is 12.0. The number of hydrogen-bond donors (Lipinski definition) is 2. The summed E-state index contributed by atoms with van der Waals surface area (Å²) in [6, 6.07) is 9.15. The summed E-state index contributed by atoms with van der Waals surface area (Å²) in [6.45, 7) is 3.45. The van der Waals surface area contributed by atoms with Gasteiger partial charge in [0, 0.05) is 25.6 Å². The summed E-state index contributed by atoms with van der Waals surface area (Å²) >= 11 is 0. The van der Waals surface area contributed by atoms with Crippen LogP contribution in [-0.2, 0) is 6.54 Å². The summed E-state index contributed by atoms with van der Waals surface area (Å²) in [4.78, 5) is 13.7. The molecule has 2 N–H and O–H groups in total. The van der Waals surface area contributed by atoms with Gasteiger partial charge in [-0.2, -0.15) is 5.26 Å². The average Bonchev–Trinajstić information content (AvgIpc) is 2.95. The maximum atomic E-state index is 12.0. The van der Waals surface area contributed by atoms with Crippen molar-refractivity contribution in [3.63, 3.8) is 0 Å². The summed E-state index contributed by atoms with van der Waals surface area (Å²) in [5.41, 5.74) is 1.50. The van der Waals surface area contributed by atoms with E-state index >= 15 is 0 Å². The number of aliphatic hydroxyl groups is 1. The van der Waals surface area contributed by atoms with Gasteiger partial charge in [0.1, 0.15) is 0 Å². The standard InChI is InChI=1S/C15H19N3O2/c1-11(19)14-5-6-18(10-14)15(20)17-9-13-4-2-3-12(7-13)8-16/h2-4,7,11,14,19H,5-6,9-10H2,1H3,(H,17,20)/t11-,14-/m0/s1. The molecule has 5 heteroatoms. The van der Waals surface area contributed by atoms with Crippen molar-refractivity contribution in [3.8, 4) is 6.07 Å². The molecule has 1 aromatic carbocycles. The summed E-state index contributed by atoms with van der Waals surface area (Å²) in [7, 11) is 0. The van der Waals surface area contributed by atoms with E-state index in [1.807, 2.05) is 6.07 Å². The predicted molar refractivity (Wildman–Crippen MR) is 74.8 cm³/mol. The van der Waals surface area contributed by atoms with E-state index in [1.165, 1.54) is 0 Å². The van der Waals surface area contributed by atoms with E-state index in [4.69, 9.17) is 5.26 Å². The molecule has 0 unspecified atom stereocenters. The minimum atomic E-state index is -0.375. The molecular weight excluding hydrogens is 254 g/mol. The van der Waals surface area contributed by atoms with Gasteiger partial charge in [0.25, 0.3) is 0 Å². The molecule has 0 aromatic heterocycles. The number of carbonyl (C=O) groups is 1. The highest BCUT2D eigenvalue weighted by molar-refractivity contribution is 5.74. The zero-order valence-corrected chi connectivity index (χ0v) is 11.5. The van der Waals surface area contributed by atoms with Gasteiger partial charge in [0.2, 0.25) is 0 Å². The Morgan fingerprint density at radius 3 is 3.10 bits per heavy atom. The number of urea groups is 1. The SMILES string of the molecule is C[C@H](O)[C@H]1CCN(C(=O)NCc2cccc(C#N)c2)C1. The van der Waals surface area contributed by atoms with Gasteiger partial charge < -0.3 is 15.3 Å². The minimum absolute atomic E-state index is 0.115. The maximum Gasteiger partial charge on any atom is 0.317 e. The second-order valence-corrected chi connectivity index (χ2v) is 5.21. The molecule has 0 bridgehead atoms. The molecule has 20 heavy (non-hydrogen) atoms. The van der Waals surface area contributed by atoms with Crippen LogP contribution < -0.4 is 5.32 Å². The molecule has 0 saturated carbocycles. The first-order chi connectivity index (χ1) is 9.60. The molecule has 2 amide bonds. The zero-order valence-electron chi connectivity index (χ0n) is 11.5. The molecule has 1 saturated heterocycles. The monoisotopic (exact) mass is 273 g/mol. The van der Waals surface area contributed by atoms with Gasteiger partial charge in [-0.05, 0) is 31.0 Å². The van der Waals surface area contributed by atoms with Gasteiger partial charge in [-0.15, -0.1) is 0 Å². The normalized spacial score (nSPS) is 19.4. The van der Waals surface area contributed by atoms with E-state index in [2.05, 4.69) is 11.4 Å². The molecule has 0 spiro atoms. The van der Waals surface area contributed by atoms with Crippen molar-refractivity contribution in [3.05, 3.63) is 35.4 Å². The average molecular weight is 273 g/mol. The Morgan fingerprint density at radius 2 is 2.45 bits per heavy atom. The molecule has 0 radical (unpaired) electrons. The zero-order chi connectivity index (χ0) is 14.5. The molecule has 2 rings (SSSR count). The number of rotatable bonds is 3. The molecule has 2 atom stereocenters. The largest absolute Gasteiger partial charge is 0.393 e. The second kappa shape index (κ2) is 6.40. The Balaban J connectivity index is 1.85. The van der Waals surface area contributed by atoms with Crippen LogP contribution in [0.25, 0.3) is 0 Å². The lowest BCUT2D eigenvalue weighted by Gasteiger charge is -2.18. The van der Waals surface area contributed by atoms with Gasteiger partial charge >= 0.3 is 6.03 Å². The first-order valence-corrected chi connectivity index (χ1v) is 6.80. The number of amides is 2. The van der Waals surface area contributed by atoms with Crippen molar-refractivity contribution in [2.75, 3.05) is 13.1 Å². The molecule has 1 aliphatic rings. The number of benzene rings is 1. The Labute approximate surface area is 118 Å². The number of nitrogens with one attached hydrogen (secondary N) is 1. The number of likely N-dealkylation sites (tertiary alicyclic amines) is 1. The van der Waals surface area contributed by atoms with E-state index in [1.54, 1.807) is 30.0 Å². The van der Waals surface area contributed by atoms with Gasteiger partial charge in [-0.25, -0.2) is 4.79 Å². The first kappa shape index (κ1) is 14.4. The van der Waals surface area contributed by atoms with Crippen molar-refractivity contribution in [1.82, 2.24) is 10.2 Å². The van der Waals surface area contributed by atoms with Crippen LogP contribution in [0, 0.1) is 17.2 Å². The van der Waals surface area contributed by atoms with Crippen LogP contribution in [0.3, 0.4) is 0 Å². The Bertz CT molecular complexity index is 522. The smallest absolute Gasteiger partial charge is 0.317 e. The highest BCUT2D eigenvalue weighted by Gasteiger charge is 2.28. The van der Waals surface area contributed by atoms with Gasteiger partial charge in [0.05, 0.1) is 17.7 Å². The Kier molecular flexibility index (Phi) is 4.59. The van der Waals surface area contributed by atoms with Crippen LogP contribution in [0.4, 0.5) is 4.79 Å². The van der Waals surface area contributed by atoms with Crippen molar-refractivity contribution < 1.29 is 9.90 Å². The fourth-order valence-electron chi connectivity index (χ4n) is 2.41. The summed E-state index contributed by atoms with van der Waals surface area (Å²) in [5, 5.41) is 21.2. The summed E-state index contributed by atoms with van der Waals surface area (Å²) in [6.07, 6.45) is 0.467. The van der Waals surface area contributed by atoms with E-state index in [-0.39, 0.29) is 18.1 Å². The Hall–Kier alpha value is -2.06. The summed E-state index contributed by atoms with van der Waals surface area (Å²) < 4.78 is 0. The molecule has 1 heterocycles. The van der Waals surface area contributed by atoms with E-state index < -0.39 is 0 Å². The number of nitriles is 1. The van der Waals surface area contributed by atoms with Crippen LogP contribution in [0.2, 0.25) is 0 Å². The van der Waals surface area contributed by atoms with Crippen molar-refractivity contribution in [1.29, 1.82) is 5.26 Å². The third-order valence-corrected chi connectivity index (χ3v) is 3.69. The molecule has 1 fully saturated rings. The molecule has 1 aliphatic heterocycles. The predicted octanol–water partition coefficient (Wildman–Crippen LogP) is 1.47. The van der Waals surface area contributed by atoms with Gasteiger partial charge in [-0.1, -0.05) is 12.1 Å². The lowest BCUT2D eigenvalue weighted by atomic mass is 10.0. The van der Waals surface area contributed by atoms with E-state index in [0.29, 0.717) is 25.2 Å². The number of aliphatic hydroxyl groups excluding tert-OH is 1. The molecule has 1 aromatic rings. The van der Waals surface area contributed by atoms with Crippen molar-refractivity contribution in [2.45, 2.75) is 26.0 Å². The highest BCUT2D eigenvalue weighted by Crippen LogP contribution is 2.19. The molecule has 106 valence electrons. The fraction of sp³-hybridized carbons (Fsp3) is 0.467. The number of carbonyl (C=O) groups excluding carboxylic acids is 1. The van der Waals surface area contributed by atoms with Crippen LogP contribution in [0.1, 0.15) is 24.5 Å². The Morgan fingerprint density at radius 1 is 1.65 bits per heavy atom. The highest BCUT2D eigenvalue weighted by atomic mass is 16.3. The number of hydrogen-bond acceptors (Lipinski definition) is 3. The third kappa shape index (κ3) is 3.49. The van der Waals surface area contributed by atoms with Crippen LogP contribution >= 0.6 is 0 Å². The summed E-state index contributed by atoms with van der Waals surface area (Å²) in [5.74, 6) is 0.169. The van der Waals surface area contributed by atoms with Crippen molar-refractivity contribution in [2.24, 2.45) is 5.92 Å². The van der Waals surface area contributed by atoms with E-state index in [9.17, 15) is 9.90 Å². The fourth-order valence-corrected chi connectivity index (χ4v) is 2.41. The third-order valence-electron chi connectivity index (χ3n) is 3.69. The minimum Gasteiger partial charge on any atom is -0.393 e. The topological polar surface area (TPSA) is 76.4 Å². The van der Waals surface area contributed by atoms with Gasteiger partial charge in [-0.3, -0.25) is 0 Å². The second-order valence-electron chi connectivity index (χ2n) is 5.21. The van der Waals surface area contributed by atoms with Crippen LogP contribution in [0.5, 0.6) is 0 Å².